The number of aliphatic hydroxyl groups is 1. The Hall–Kier alpha value is -3.05. The highest BCUT2D eigenvalue weighted by molar-refractivity contribution is 5.91. The molecule has 1 aromatic heterocycles. The van der Waals surface area contributed by atoms with Crippen molar-refractivity contribution in [2.45, 2.75) is 38.5 Å². The van der Waals surface area contributed by atoms with Crippen molar-refractivity contribution >= 4 is 23.4 Å². The molecule has 38 heavy (non-hydrogen) atoms. The Morgan fingerprint density at radius 2 is 1.82 bits per heavy atom. The summed E-state index contributed by atoms with van der Waals surface area (Å²) in [6.07, 6.45) is -4.74. The number of carbonyl (C=O) groups is 1. The minimum atomic E-state index is -4.22. The second-order valence-electron chi connectivity index (χ2n) is 10.9. The molecule has 0 unspecified atom stereocenters. The fourth-order valence-corrected chi connectivity index (χ4v) is 5.44. The molecular formula is C27H34F3N5O3. The van der Waals surface area contributed by atoms with Gasteiger partial charge in [0.15, 0.2) is 0 Å². The summed E-state index contributed by atoms with van der Waals surface area (Å²) in [6.45, 7) is 7.90. The summed E-state index contributed by atoms with van der Waals surface area (Å²) in [7, 11) is 0. The number of hydrogen-bond acceptors (Lipinski definition) is 6. The number of morpholine rings is 1. The fraction of sp³-hybridized carbons (Fsp3) is 0.556. The maximum Gasteiger partial charge on any atom is 0.389 e. The van der Waals surface area contributed by atoms with Crippen molar-refractivity contribution < 1.29 is 27.8 Å². The summed E-state index contributed by atoms with van der Waals surface area (Å²) in [5.74, 6) is 1.04. The van der Waals surface area contributed by atoms with Gasteiger partial charge in [-0.3, -0.25) is 0 Å². The molecule has 0 spiro atoms. The molecule has 3 aliphatic heterocycles. The van der Waals surface area contributed by atoms with E-state index in [9.17, 15) is 23.1 Å². The minimum absolute atomic E-state index is 0.0975. The van der Waals surface area contributed by atoms with E-state index < -0.39 is 30.1 Å². The van der Waals surface area contributed by atoms with Crippen LogP contribution in [0.3, 0.4) is 0 Å². The summed E-state index contributed by atoms with van der Waals surface area (Å²) < 4.78 is 43.8. The molecule has 5 rings (SSSR count). The van der Waals surface area contributed by atoms with Crippen molar-refractivity contribution in [1.29, 1.82) is 0 Å². The highest BCUT2D eigenvalue weighted by Crippen LogP contribution is 2.35. The number of carbonyl (C=O) groups excluding carboxylic acids is 1. The Labute approximate surface area is 220 Å². The fourth-order valence-electron chi connectivity index (χ4n) is 5.44. The lowest BCUT2D eigenvalue weighted by Gasteiger charge is -2.45. The summed E-state index contributed by atoms with van der Waals surface area (Å²) in [6, 6.07) is 9.25. The zero-order valence-corrected chi connectivity index (χ0v) is 21.7. The number of β-amino-alcohol motifs (C(OH)–C–C–N with tert-alkyl or cyclic N) is 1. The molecule has 206 valence electrons. The van der Waals surface area contributed by atoms with Gasteiger partial charge in [0.25, 0.3) is 0 Å². The Morgan fingerprint density at radius 1 is 1.13 bits per heavy atom. The number of nitrogens with zero attached hydrogens (tertiary/aromatic N) is 4. The second-order valence-corrected chi connectivity index (χ2v) is 10.9. The normalized spacial score (nSPS) is 21.4. The van der Waals surface area contributed by atoms with Crippen molar-refractivity contribution in [3.8, 4) is 11.1 Å². The SMILES string of the molecule is Cc1ccc(NC(=O)N2CC[C@@H](CC(F)(F)F)C2)cc1-c1cc(N2CCOCC2)nc(N2CC(C)(O)C2)c1. The Morgan fingerprint density at radius 3 is 2.47 bits per heavy atom. The highest BCUT2D eigenvalue weighted by atomic mass is 19.4. The zero-order chi connectivity index (χ0) is 27.1. The van der Waals surface area contributed by atoms with Gasteiger partial charge >= 0.3 is 12.2 Å². The maximum atomic E-state index is 12.8. The first-order valence-corrected chi connectivity index (χ1v) is 13.0. The van der Waals surface area contributed by atoms with E-state index in [-0.39, 0.29) is 6.54 Å². The van der Waals surface area contributed by atoms with Gasteiger partial charge in [0.05, 0.1) is 18.8 Å². The molecule has 1 atom stereocenters. The summed E-state index contributed by atoms with van der Waals surface area (Å²) in [5, 5.41) is 13.2. The number of ether oxygens (including phenoxy) is 1. The standard InChI is InChI=1S/C27H34F3N5O3/c1-18-3-4-21(31-25(36)34-6-5-19(15-34)14-27(28,29)30)13-22(18)20-11-23(33-7-9-38-10-8-33)32-24(12-20)35-16-26(2,37)17-35/h3-4,11-13,19,37H,5-10,14-17H2,1-2H3,(H,31,36)/t19-/m0/s1. The van der Waals surface area contributed by atoms with E-state index >= 15 is 0 Å². The number of aromatic nitrogens is 1. The molecule has 0 aliphatic carbocycles. The van der Waals surface area contributed by atoms with Crippen molar-refractivity contribution in [2.24, 2.45) is 5.92 Å². The molecule has 2 N–H and O–H groups in total. The number of benzene rings is 1. The van der Waals surface area contributed by atoms with Gasteiger partial charge in [-0.15, -0.1) is 0 Å². The first-order chi connectivity index (χ1) is 18.0. The number of pyridine rings is 1. The summed E-state index contributed by atoms with van der Waals surface area (Å²) >= 11 is 0. The van der Waals surface area contributed by atoms with Gasteiger partial charge in [-0.25, -0.2) is 9.78 Å². The monoisotopic (exact) mass is 533 g/mol. The Bertz CT molecular complexity index is 1180. The molecule has 0 radical (unpaired) electrons. The molecule has 3 aliphatic rings. The van der Waals surface area contributed by atoms with Crippen LogP contribution in [0.4, 0.5) is 35.3 Å². The lowest BCUT2D eigenvalue weighted by atomic mass is 9.96. The van der Waals surface area contributed by atoms with Crippen LogP contribution in [0.1, 0.15) is 25.3 Å². The predicted molar refractivity (Wildman–Crippen MR) is 140 cm³/mol. The van der Waals surface area contributed by atoms with E-state index in [2.05, 4.69) is 10.2 Å². The smallest absolute Gasteiger partial charge is 0.386 e. The number of amides is 2. The van der Waals surface area contributed by atoms with Gasteiger partial charge in [-0.2, -0.15) is 13.2 Å². The van der Waals surface area contributed by atoms with E-state index in [1.807, 2.05) is 36.1 Å². The third-order valence-corrected chi connectivity index (χ3v) is 7.41. The average molecular weight is 534 g/mol. The third kappa shape index (κ3) is 6.15. The van der Waals surface area contributed by atoms with E-state index in [0.29, 0.717) is 45.0 Å². The predicted octanol–water partition coefficient (Wildman–Crippen LogP) is 4.27. The molecule has 11 heteroatoms. The summed E-state index contributed by atoms with van der Waals surface area (Å²) in [4.78, 5) is 23.4. The first-order valence-electron chi connectivity index (χ1n) is 13.0. The van der Waals surface area contributed by atoms with Crippen LogP contribution in [0.5, 0.6) is 0 Å². The van der Waals surface area contributed by atoms with E-state index in [1.54, 1.807) is 13.0 Å². The average Bonchev–Trinajstić information content (AvgIpc) is 3.31. The zero-order valence-electron chi connectivity index (χ0n) is 21.7. The van der Waals surface area contributed by atoms with E-state index in [1.165, 1.54) is 4.90 Å². The van der Waals surface area contributed by atoms with Crippen LogP contribution in [-0.4, -0.2) is 85.3 Å². The van der Waals surface area contributed by atoms with Crippen LogP contribution in [0, 0.1) is 12.8 Å². The largest absolute Gasteiger partial charge is 0.389 e. The van der Waals surface area contributed by atoms with Gasteiger partial charge in [0.2, 0.25) is 0 Å². The van der Waals surface area contributed by atoms with Gasteiger partial charge in [-0.1, -0.05) is 6.07 Å². The second kappa shape index (κ2) is 10.3. The molecule has 4 heterocycles. The molecule has 3 fully saturated rings. The van der Waals surface area contributed by atoms with Crippen LogP contribution >= 0.6 is 0 Å². The van der Waals surface area contributed by atoms with E-state index in [0.717, 1.165) is 41.4 Å². The van der Waals surface area contributed by atoms with Gasteiger partial charge < -0.3 is 29.9 Å². The number of anilines is 3. The number of aryl methyl sites for hydroxylation is 1. The van der Waals surface area contributed by atoms with Crippen LogP contribution < -0.4 is 15.1 Å². The molecular weight excluding hydrogens is 499 g/mol. The number of nitrogens with one attached hydrogen (secondary N) is 1. The maximum absolute atomic E-state index is 12.8. The number of hydrogen-bond donors (Lipinski definition) is 2. The van der Waals surface area contributed by atoms with Gasteiger partial charge in [-0.05, 0) is 67.1 Å². The number of alkyl halides is 3. The quantitative estimate of drug-likeness (QED) is 0.598. The first kappa shape index (κ1) is 26.6. The molecule has 0 saturated carbocycles. The molecule has 8 nitrogen and oxygen atoms in total. The number of urea groups is 1. The third-order valence-electron chi connectivity index (χ3n) is 7.41. The molecule has 2 amide bonds. The lowest BCUT2D eigenvalue weighted by molar-refractivity contribution is -0.143. The van der Waals surface area contributed by atoms with Crippen molar-refractivity contribution in [1.82, 2.24) is 9.88 Å². The number of rotatable bonds is 5. The lowest BCUT2D eigenvalue weighted by Crippen LogP contribution is -2.60. The minimum Gasteiger partial charge on any atom is -0.386 e. The van der Waals surface area contributed by atoms with Crippen LogP contribution in [0.25, 0.3) is 11.1 Å². The van der Waals surface area contributed by atoms with Crippen LogP contribution in [0.2, 0.25) is 0 Å². The molecule has 0 bridgehead atoms. The molecule has 2 aromatic rings. The Balaban J connectivity index is 1.37. The van der Waals surface area contributed by atoms with Gasteiger partial charge in [0, 0.05) is 51.4 Å². The van der Waals surface area contributed by atoms with Crippen molar-refractivity contribution in [2.75, 3.05) is 67.6 Å². The van der Waals surface area contributed by atoms with Crippen molar-refractivity contribution in [3.05, 3.63) is 35.9 Å². The van der Waals surface area contributed by atoms with Crippen LogP contribution in [-0.2, 0) is 4.74 Å². The Kier molecular flexibility index (Phi) is 7.17. The van der Waals surface area contributed by atoms with Crippen LogP contribution in [0.15, 0.2) is 30.3 Å². The number of halogens is 3. The van der Waals surface area contributed by atoms with E-state index in [4.69, 9.17) is 9.72 Å². The van der Waals surface area contributed by atoms with Gasteiger partial charge in [0.1, 0.15) is 11.6 Å². The number of likely N-dealkylation sites (tertiary alicyclic amines) is 1. The topological polar surface area (TPSA) is 81.2 Å². The molecule has 1 aromatic carbocycles. The highest BCUT2D eigenvalue weighted by Gasteiger charge is 2.38. The summed E-state index contributed by atoms with van der Waals surface area (Å²) in [5.41, 5.74) is 2.70. The van der Waals surface area contributed by atoms with Crippen molar-refractivity contribution in [3.63, 3.8) is 0 Å². The molecule has 3 saturated heterocycles.